The molecule has 0 saturated heterocycles. The molecular formula is C24H22N2O7. The van der Waals surface area contributed by atoms with Gasteiger partial charge in [0, 0.05) is 17.4 Å². The molecule has 3 aromatic rings. The number of rotatable bonds is 6. The first-order valence-corrected chi connectivity index (χ1v) is 10.3. The van der Waals surface area contributed by atoms with E-state index in [1.54, 1.807) is 43.3 Å². The molecular weight excluding hydrogens is 428 g/mol. The van der Waals surface area contributed by atoms with Crippen LogP contribution in [-0.2, 0) is 9.53 Å². The minimum atomic E-state index is -1.06. The minimum Gasteiger partial charge on any atom is -0.486 e. The fourth-order valence-electron chi connectivity index (χ4n) is 3.12. The van der Waals surface area contributed by atoms with Crippen LogP contribution in [0.2, 0.25) is 0 Å². The average Bonchev–Trinajstić information content (AvgIpc) is 3.35. The van der Waals surface area contributed by atoms with Gasteiger partial charge in [-0.3, -0.25) is 9.59 Å². The van der Waals surface area contributed by atoms with Crippen molar-refractivity contribution in [1.82, 2.24) is 0 Å². The van der Waals surface area contributed by atoms with Crippen molar-refractivity contribution < 1.29 is 33.0 Å². The van der Waals surface area contributed by atoms with E-state index in [2.05, 4.69) is 10.6 Å². The highest BCUT2D eigenvalue weighted by Gasteiger charge is 2.21. The van der Waals surface area contributed by atoms with E-state index < -0.39 is 23.9 Å². The summed E-state index contributed by atoms with van der Waals surface area (Å²) in [6.07, 6.45) is 0.334. The quantitative estimate of drug-likeness (QED) is 0.549. The molecule has 1 aromatic heterocycles. The first-order valence-electron chi connectivity index (χ1n) is 10.3. The molecule has 2 N–H and O–H groups in total. The van der Waals surface area contributed by atoms with E-state index in [1.807, 2.05) is 0 Å². The number of fused-ring (bicyclic) bond motifs is 1. The maximum absolute atomic E-state index is 12.6. The lowest BCUT2D eigenvalue weighted by atomic mass is 10.1. The lowest BCUT2D eigenvalue weighted by Crippen LogP contribution is -2.30. The number of benzene rings is 2. The Morgan fingerprint density at radius 2 is 1.76 bits per heavy atom. The molecule has 0 saturated carbocycles. The Balaban J connectivity index is 1.39. The molecule has 0 radical (unpaired) electrons. The molecule has 0 spiro atoms. The molecule has 170 valence electrons. The van der Waals surface area contributed by atoms with Gasteiger partial charge in [0.05, 0.1) is 11.8 Å². The number of hydrogen-bond donors (Lipinski definition) is 2. The molecule has 4 rings (SSSR count). The molecule has 9 nitrogen and oxygen atoms in total. The van der Waals surface area contributed by atoms with Crippen LogP contribution in [0.15, 0.2) is 59.2 Å². The van der Waals surface area contributed by atoms with Crippen LogP contribution in [0.3, 0.4) is 0 Å². The standard InChI is InChI=1S/C24H22N2O7/c1-14-5-6-16(12-18(14)26-23(28)20-4-3-9-30-20)24(29)33-15(2)22(27)25-17-7-8-19-21(13-17)32-11-10-31-19/h3-9,12-13,15H,10-11H2,1-2H3,(H,25,27)(H,26,28). The Kier molecular flexibility index (Phi) is 6.30. The van der Waals surface area contributed by atoms with Gasteiger partial charge in [0.2, 0.25) is 0 Å². The number of anilines is 2. The van der Waals surface area contributed by atoms with E-state index >= 15 is 0 Å². The molecule has 9 heteroatoms. The van der Waals surface area contributed by atoms with Crippen molar-refractivity contribution in [2.45, 2.75) is 20.0 Å². The van der Waals surface area contributed by atoms with Crippen molar-refractivity contribution in [3.05, 3.63) is 71.7 Å². The van der Waals surface area contributed by atoms with Crippen molar-refractivity contribution in [2.75, 3.05) is 23.8 Å². The lowest BCUT2D eigenvalue weighted by molar-refractivity contribution is -0.123. The lowest BCUT2D eigenvalue weighted by Gasteiger charge is -2.19. The number of amides is 2. The van der Waals surface area contributed by atoms with Gasteiger partial charge < -0.3 is 29.3 Å². The maximum atomic E-state index is 12.6. The molecule has 1 aliphatic rings. The predicted octanol–water partition coefficient (Wildman–Crippen LogP) is 3.80. The van der Waals surface area contributed by atoms with Gasteiger partial charge in [-0.1, -0.05) is 6.07 Å². The van der Waals surface area contributed by atoms with Crippen LogP contribution >= 0.6 is 0 Å². The van der Waals surface area contributed by atoms with Crippen molar-refractivity contribution >= 4 is 29.2 Å². The number of esters is 1. The number of furan rings is 1. The number of hydrogen-bond acceptors (Lipinski definition) is 7. The summed E-state index contributed by atoms with van der Waals surface area (Å²) in [6.45, 7) is 4.16. The highest BCUT2D eigenvalue weighted by Crippen LogP contribution is 2.32. The van der Waals surface area contributed by atoms with Crippen molar-refractivity contribution in [1.29, 1.82) is 0 Å². The zero-order chi connectivity index (χ0) is 23.4. The fourth-order valence-corrected chi connectivity index (χ4v) is 3.12. The van der Waals surface area contributed by atoms with Crippen LogP contribution < -0.4 is 20.1 Å². The highest BCUT2D eigenvalue weighted by molar-refractivity contribution is 6.03. The van der Waals surface area contributed by atoms with Gasteiger partial charge in [-0.2, -0.15) is 0 Å². The minimum absolute atomic E-state index is 0.145. The Morgan fingerprint density at radius 1 is 0.970 bits per heavy atom. The van der Waals surface area contributed by atoms with Crippen molar-refractivity contribution in [2.24, 2.45) is 0 Å². The van der Waals surface area contributed by atoms with Gasteiger partial charge in [0.15, 0.2) is 23.4 Å². The summed E-state index contributed by atoms with van der Waals surface area (Å²) in [5.41, 5.74) is 1.86. The van der Waals surface area contributed by atoms with Crippen LogP contribution in [0.1, 0.15) is 33.4 Å². The van der Waals surface area contributed by atoms with Crippen LogP contribution in [-0.4, -0.2) is 37.1 Å². The predicted molar refractivity (Wildman–Crippen MR) is 119 cm³/mol. The third-order valence-corrected chi connectivity index (χ3v) is 4.93. The van der Waals surface area contributed by atoms with E-state index in [0.717, 1.165) is 5.56 Å². The van der Waals surface area contributed by atoms with Crippen LogP contribution in [0, 0.1) is 6.92 Å². The normalized spacial score (nSPS) is 13.0. The second kappa shape index (κ2) is 9.47. The molecule has 0 bridgehead atoms. The summed E-state index contributed by atoms with van der Waals surface area (Å²) in [6, 6.07) is 12.9. The second-order valence-electron chi connectivity index (χ2n) is 7.36. The summed E-state index contributed by atoms with van der Waals surface area (Å²) in [4.78, 5) is 37.4. The smallest absolute Gasteiger partial charge is 0.338 e. The molecule has 1 unspecified atom stereocenters. The molecule has 1 atom stereocenters. The molecule has 2 aromatic carbocycles. The van der Waals surface area contributed by atoms with Crippen LogP contribution in [0.4, 0.5) is 11.4 Å². The summed E-state index contributed by atoms with van der Waals surface area (Å²) in [7, 11) is 0. The summed E-state index contributed by atoms with van der Waals surface area (Å²) < 4.78 is 21.4. The largest absolute Gasteiger partial charge is 0.486 e. The Hall–Kier alpha value is -4.27. The van der Waals surface area contributed by atoms with Gasteiger partial charge >= 0.3 is 5.97 Å². The Bertz CT molecular complexity index is 1190. The van der Waals surface area contributed by atoms with Gasteiger partial charge in [0.1, 0.15) is 13.2 Å². The van der Waals surface area contributed by atoms with E-state index in [4.69, 9.17) is 18.6 Å². The van der Waals surface area contributed by atoms with Gasteiger partial charge in [-0.15, -0.1) is 0 Å². The van der Waals surface area contributed by atoms with E-state index in [-0.39, 0.29) is 11.3 Å². The molecule has 2 amide bonds. The van der Waals surface area contributed by atoms with Crippen molar-refractivity contribution in [3.63, 3.8) is 0 Å². The summed E-state index contributed by atoms with van der Waals surface area (Å²) >= 11 is 0. The zero-order valence-corrected chi connectivity index (χ0v) is 18.0. The Labute approximate surface area is 189 Å². The summed E-state index contributed by atoms with van der Waals surface area (Å²) in [5.74, 6) is -0.361. The van der Waals surface area contributed by atoms with Crippen LogP contribution in [0.5, 0.6) is 11.5 Å². The average molecular weight is 450 g/mol. The third-order valence-electron chi connectivity index (χ3n) is 4.93. The monoisotopic (exact) mass is 450 g/mol. The summed E-state index contributed by atoms with van der Waals surface area (Å²) in [5, 5.41) is 5.39. The van der Waals surface area contributed by atoms with Crippen molar-refractivity contribution in [3.8, 4) is 11.5 Å². The maximum Gasteiger partial charge on any atom is 0.338 e. The highest BCUT2D eigenvalue weighted by atomic mass is 16.6. The molecule has 1 aliphatic heterocycles. The molecule has 33 heavy (non-hydrogen) atoms. The third kappa shape index (κ3) is 5.15. The van der Waals surface area contributed by atoms with Gasteiger partial charge in [-0.25, -0.2) is 4.79 Å². The number of carbonyl (C=O) groups is 3. The number of ether oxygens (including phenoxy) is 3. The zero-order valence-electron chi connectivity index (χ0n) is 18.0. The first-order chi connectivity index (χ1) is 15.9. The van der Waals surface area contributed by atoms with Crippen LogP contribution in [0.25, 0.3) is 0 Å². The molecule has 2 heterocycles. The SMILES string of the molecule is Cc1ccc(C(=O)OC(C)C(=O)Nc2ccc3c(c2)OCCO3)cc1NC(=O)c1ccco1. The fraction of sp³-hybridized carbons (Fsp3) is 0.208. The second-order valence-corrected chi connectivity index (χ2v) is 7.36. The Morgan fingerprint density at radius 3 is 2.52 bits per heavy atom. The van der Waals surface area contributed by atoms with Gasteiger partial charge in [0.25, 0.3) is 11.8 Å². The first kappa shape index (κ1) is 21.9. The van der Waals surface area contributed by atoms with E-state index in [1.165, 1.54) is 25.3 Å². The van der Waals surface area contributed by atoms with E-state index in [0.29, 0.717) is 36.1 Å². The number of nitrogens with one attached hydrogen (secondary N) is 2. The molecule has 0 fully saturated rings. The number of aryl methyl sites for hydroxylation is 1. The topological polar surface area (TPSA) is 116 Å². The number of carbonyl (C=O) groups excluding carboxylic acids is 3. The molecule has 0 aliphatic carbocycles. The van der Waals surface area contributed by atoms with E-state index in [9.17, 15) is 14.4 Å². The van der Waals surface area contributed by atoms with Gasteiger partial charge in [-0.05, 0) is 55.8 Å².